The zero-order valence-electron chi connectivity index (χ0n) is 17.4. The summed E-state index contributed by atoms with van der Waals surface area (Å²) < 4.78 is 24.4. The minimum Gasteiger partial charge on any atom is -0.768 e. The van der Waals surface area contributed by atoms with Gasteiger partial charge in [0.15, 0.2) is 0 Å². The fourth-order valence-corrected chi connectivity index (χ4v) is 5.02. The molecule has 214 valence electrons. The maximum absolute atomic E-state index is 12.7. The molecule has 2 aromatic rings. The van der Waals surface area contributed by atoms with Crippen molar-refractivity contribution in [2.24, 2.45) is 0 Å². The SMILES string of the molecule is C.C.C.C.C.C.C.CCC(CC(C)(CC(C)c1ccc(S(=O)[O-])cc1)N1CCCC1=O)n1ccnc1. The van der Waals surface area contributed by atoms with Crippen molar-refractivity contribution in [1.82, 2.24) is 14.5 Å². The van der Waals surface area contributed by atoms with E-state index in [0.717, 1.165) is 37.8 Å². The van der Waals surface area contributed by atoms with Crippen LogP contribution in [0.2, 0.25) is 0 Å². The number of benzene rings is 1. The van der Waals surface area contributed by atoms with E-state index < -0.39 is 11.1 Å². The Balaban J connectivity index is -0.000000458. The van der Waals surface area contributed by atoms with Gasteiger partial charge in [-0.25, -0.2) is 4.98 Å². The summed E-state index contributed by atoms with van der Waals surface area (Å²) in [5.41, 5.74) is 0.811. The molecule has 1 aromatic heterocycles. The van der Waals surface area contributed by atoms with Gasteiger partial charge in [0.25, 0.3) is 0 Å². The van der Waals surface area contributed by atoms with Crippen LogP contribution < -0.4 is 0 Å². The van der Waals surface area contributed by atoms with E-state index in [0.29, 0.717) is 11.3 Å². The van der Waals surface area contributed by atoms with Crippen LogP contribution in [0.15, 0.2) is 47.9 Å². The van der Waals surface area contributed by atoms with E-state index in [1.54, 1.807) is 18.3 Å². The van der Waals surface area contributed by atoms with Crippen molar-refractivity contribution in [2.45, 2.75) is 127 Å². The molecule has 6 nitrogen and oxygen atoms in total. The highest BCUT2D eigenvalue weighted by atomic mass is 32.2. The number of carbonyl (C=O) groups is 1. The van der Waals surface area contributed by atoms with Crippen molar-refractivity contribution in [2.75, 3.05) is 6.54 Å². The lowest BCUT2D eigenvalue weighted by molar-refractivity contribution is -0.133. The molecule has 1 aliphatic heterocycles. The number of hydrogen-bond acceptors (Lipinski definition) is 4. The molecule has 0 N–H and O–H groups in total. The largest absolute Gasteiger partial charge is 0.768 e. The molecule has 1 amide bonds. The first-order valence-electron chi connectivity index (χ1n) is 10.3. The van der Waals surface area contributed by atoms with E-state index in [1.165, 1.54) is 0 Å². The molecule has 0 radical (unpaired) electrons. The number of amides is 1. The van der Waals surface area contributed by atoms with Gasteiger partial charge in [-0.3, -0.25) is 9.00 Å². The summed E-state index contributed by atoms with van der Waals surface area (Å²) in [7, 11) is 0. The average molecular weight is 529 g/mol. The van der Waals surface area contributed by atoms with Crippen molar-refractivity contribution in [3.63, 3.8) is 0 Å². The molecular weight excluding hydrogens is 470 g/mol. The Bertz CT molecular complexity index is 840. The normalized spacial score (nSPS) is 15.9. The summed E-state index contributed by atoms with van der Waals surface area (Å²) in [5, 5.41) is 0. The van der Waals surface area contributed by atoms with Crippen LogP contribution in [-0.2, 0) is 15.9 Å². The molecule has 0 saturated carbocycles. The summed E-state index contributed by atoms with van der Waals surface area (Å²) in [6, 6.07) is 7.33. The standard InChI is InChI=1S/C22H31N3O3S.7CH4/c1-4-19(24-13-11-23-16-24)15-22(3,25-12-5-6-21(25)26)14-17(2)18-7-9-20(10-8-18)29(27)28;;;;;;;/h7-11,13,16-17,19H,4-6,12,14-15H2,1-3H3,(H,27,28);7*1H4/p-1. The van der Waals surface area contributed by atoms with Crippen LogP contribution in [0.5, 0.6) is 0 Å². The maximum Gasteiger partial charge on any atom is 0.223 e. The first-order valence-corrected chi connectivity index (χ1v) is 11.4. The molecule has 4 atom stereocenters. The highest BCUT2D eigenvalue weighted by molar-refractivity contribution is 7.79. The zero-order chi connectivity index (χ0) is 21.0. The third kappa shape index (κ3) is 10.2. The van der Waals surface area contributed by atoms with Crippen molar-refractivity contribution in [1.29, 1.82) is 0 Å². The lowest BCUT2D eigenvalue weighted by atomic mass is 9.80. The van der Waals surface area contributed by atoms with Gasteiger partial charge in [0.05, 0.1) is 6.33 Å². The molecule has 0 bridgehead atoms. The molecule has 2 heterocycles. The second kappa shape index (κ2) is 19.2. The van der Waals surface area contributed by atoms with E-state index in [-0.39, 0.29) is 75.4 Å². The summed E-state index contributed by atoms with van der Waals surface area (Å²) in [4.78, 5) is 19.2. The van der Waals surface area contributed by atoms with Gasteiger partial charge in [0, 0.05) is 41.8 Å². The Labute approximate surface area is 227 Å². The Hall–Kier alpha value is -1.99. The fourth-order valence-electron chi connectivity index (χ4n) is 4.66. The molecular formula is C29H58N3O3S-. The minimum absolute atomic E-state index is 0. The van der Waals surface area contributed by atoms with E-state index in [1.807, 2.05) is 24.7 Å². The molecule has 36 heavy (non-hydrogen) atoms. The Kier molecular flexibility index (Phi) is 23.4. The average Bonchev–Trinajstić information content (AvgIpc) is 3.38. The molecule has 1 aliphatic rings. The molecule has 0 spiro atoms. The number of likely N-dealkylation sites (tertiary alicyclic amines) is 1. The third-order valence-electron chi connectivity index (χ3n) is 6.21. The lowest BCUT2D eigenvalue weighted by Gasteiger charge is -2.43. The second-order valence-corrected chi connectivity index (χ2v) is 9.27. The van der Waals surface area contributed by atoms with Gasteiger partial charge in [-0.2, -0.15) is 0 Å². The molecule has 1 aromatic carbocycles. The minimum atomic E-state index is -2.21. The van der Waals surface area contributed by atoms with Crippen molar-refractivity contribution in [3.05, 3.63) is 48.5 Å². The van der Waals surface area contributed by atoms with E-state index in [4.69, 9.17) is 0 Å². The topological polar surface area (TPSA) is 78.3 Å². The van der Waals surface area contributed by atoms with Crippen molar-refractivity contribution < 1.29 is 13.6 Å². The van der Waals surface area contributed by atoms with Gasteiger partial charge >= 0.3 is 0 Å². The number of hydrogen-bond donors (Lipinski definition) is 0. The first-order chi connectivity index (χ1) is 13.8. The number of aromatic nitrogens is 2. The first kappa shape index (κ1) is 44.0. The number of rotatable bonds is 9. The van der Waals surface area contributed by atoms with Crippen molar-refractivity contribution in [3.8, 4) is 0 Å². The van der Waals surface area contributed by atoms with E-state index >= 15 is 0 Å². The predicted molar refractivity (Wildman–Crippen MR) is 159 cm³/mol. The van der Waals surface area contributed by atoms with Gasteiger partial charge in [-0.1, -0.05) is 78.0 Å². The molecule has 3 rings (SSSR count). The van der Waals surface area contributed by atoms with Gasteiger partial charge in [0.2, 0.25) is 5.91 Å². The molecule has 1 fully saturated rings. The summed E-state index contributed by atoms with van der Waals surface area (Å²) >= 11 is -2.21. The Morgan fingerprint density at radius 3 is 2.06 bits per heavy atom. The lowest BCUT2D eigenvalue weighted by Crippen LogP contribution is -2.49. The summed E-state index contributed by atoms with van der Waals surface area (Å²) in [6.45, 7) is 7.33. The molecule has 7 heteroatoms. The smallest absolute Gasteiger partial charge is 0.223 e. The van der Waals surface area contributed by atoms with Crippen LogP contribution in [0.4, 0.5) is 0 Å². The van der Waals surface area contributed by atoms with Gasteiger partial charge in [-0.15, -0.1) is 0 Å². The summed E-state index contributed by atoms with van der Waals surface area (Å²) in [6.07, 6.45) is 9.82. The predicted octanol–water partition coefficient (Wildman–Crippen LogP) is 8.49. The number of nitrogens with zero attached hydrogens (tertiary/aromatic N) is 3. The Morgan fingerprint density at radius 1 is 1.06 bits per heavy atom. The third-order valence-corrected chi connectivity index (χ3v) is 6.86. The fraction of sp³-hybridized carbons (Fsp3) is 0.655. The van der Waals surface area contributed by atoms with E-state index in [9.17, 15) is 13.6 Å². The molecule has 1 saturated heterocycles. The number of carbonyl (C=O) groups excluding carboxylic acids is 1. The highest BCUT2D eigenvalue weighted by Crippen LogP contribution is 2.39. The van der Waals surface area contributed by atoms with Crippen LogP contribution >= 0.6 is 0 Å². The maximum atomic E-state index is 12.7. The monoisotopic (exact) mass is 528 g/mol. The highest BCUT2D eigenvalue weighted by Gasteiger charge is 2.40. The second-order valence-electron chi connectivity index (χ2n) is 8.33. The zero-order valence-corrected chi connectivity index (χ0v) is 18.2. The number of imidazole rings is 1. The molecule has 4 unspecified atom stereocenters. The van der Waals surface area contributed by atoms with Gasteiger partial charge in [-0.05, 0) is 67.3 Å². The summed E-state index contributed by atoms with van der Waals surface area (Å²) in [5.74, 6) is 0.431. The van der Waals surface area contributed by atoms with Gasteiger partial charge in [0.1, 0.15) is 0 Å². The van der Waals surface area contributed by atoms with Crippen LogP contribution in [0.1, 0.15) is 122 Å². The van der Waals surface area contributed by atoms with Crippen LogP contribution in [-0.4, -0.2) is 41.2 Å². The van der Waals surface area contributed by atoms with Crippen LogP contribution in [0, 0.1) is 0 Å². The quantitative estimate of drug-likeness (QED) is 0.306. The van der Waals surface area contributed by atoms with Crippen molar-refractivity contribution >= 4 is 17.0 Å². The van der Waals surface area contributed by atoms with Crippen LogP contribution in [0.3, 0.4) is 0 Å². The van der Waals surface area contributed by atoms with Crippen LogP contribution in [0.25, 0.3) is 0 Å². The van der Waals surface area contributed by atoms with Gasteiger partial charge < -0.3 is 14.0 Å². The Morgan fingerprint density at radius 2 is 1.64 bits per heavy atom. The van der Waals surface area contributed by atoms with E-state index in [2.05, 4.69) is 35.2 Å². The molecule has 0 aliphatic carbocycles.